The maximum absolute atomic E-state index is 13.2. The second kappa shape index (κ2) is 15.1. The van der Waals surface area contributed by atoms with Gasteiger partial charge in [-0.25, -0.2) is 0 Å². The lowest BCUT2D eigenvalue weighted by molar-refractivity contribution is -0.276. The van der Waals surface area contributed by atoms with Gasteiger partial charge in [-0.15, -0.1) is 0 Å². The lowest BCUT2D eigenvalue weighted by Crippen LogP contribution is -2.57. The van der Waals surface area contributed by atoms with E-state index >= 15 is 0 Å². The van der Waals surface area contributed by atoms with E-state index in [0.29, 0.717) is 13.2 Å². The van der Waals surface area contributed by atoms with Gasteiger partial charge in [-0.05, 0) is 48.6 Å². The Hall–Kier alpha value is -4.29. The summed E-state index contributed by atoms with van der Waals surface area (Å²) in [5, 5.41) is 15.5. The predicted octanol–water partition coefficient (Wildman–Crippen LogP) is 3.97. The molecular formula is C38H46N4O7. The molecule has 6 rings (SSSR count). The molecule has 2 amide bonds. The van der Waals surface area contributed by atoms with Crippen molar-refractivity contribution in [3.63, 3.8) is 0 Å². The van der Waals surface area contributed by atoms with Gasteiger partial charge in [-0.2, -0.15) is 0 Å². The van der Waals surface area contributed by atoms with Gasteiger partial charge in [0.25, 0.3) is 5.91 Å². The van der Waals surface area contributed by atoms with Crippen molar-refractivity contribution in [3.8, 4) is 0 Å². The Morgan fingerprint density at radius 1 is 0.980 bits per heavy atom. The third-order valence-electron chi connectivity index (χ3n) is 10.1. The summed E-state index contributed by atoms with van der Waals surface area (Å²) in [6, 6.07) is 25.7. The van der Waals surface area contributed by atoms with Crippen LogP contribution in [0.15, 0.2) is 78.9 Å². The standard InChI is InChI=1S/C38H46N4O7/c1-25-33(22-41-19-17-38(18-20-41)37(46)40-24-42(38)32-7-5-4-6-8-32)48-36(49-34(25)30-13-11-29(23-43)12-14-30)31-15-9-28(10-16-31)21-39-35(45)26(2)47-27(3)44/h4-16,25-26,33-34,36,43H,17-24H2,1-3H3,(H,39,45)(H,40,46)/t25-,26-,33+,34+,36?/m0/s1. The smallest absolute Gasteiger partial charge is 0.303 e. The van der Waals surface area contributed by atoms with Crippen molar-refractivity contribution in [1.29, 1.82) is 0 Å². The van der Waals surface area contributed by atoms with Crippen molar-refractivity contribution < 1.29 is 33.7 Å². The minimum atomic E-state index is -0.869. The molecule has 3 aromatic rings. The highest BCUT2D eigenvalue weighted by molar-refractivity contribution is 5.93. The first kappa shape index (κ1) is 34.6. The summed E-state index contributed by atoms with van der Waals surface area (Å²) in [6.07, 6.45) is -0.451. The first-order chi connectivity index (χ1) is 23.7. The lowest BCUT2D eigenvalue weighted by Gasteiger charge is -2.46. The maximum atomic E-state index is 13.2. The highest BCUT2D eigenvalue weighted by Gasteiger charge is 2.51. The number of piperidine rings is 1. The second-order valence-electron chi connectivity index (χ2n) is 13.3. The van der Waals surface area contributed by atoms with Gasteiger partial charge in [0.2, 0.25) is 5.91 Å². The van der Waals surface area contributed by atoms with Crippen LogP contribution in [0, 0.1) is 5.92 Å². The number of anilines is 1. The van der Waals surface area contributed by atoms with Crippen LogP contribution >= 0.6 is 0 Å². The third-order valence-corrected chi connectivity index (χ3v) is 10.1. The van der Waals surface area contributed by atoms with Gasteiger partial charge in [-0.1, -0.05) is 73.7 Å². The average Bonchev–Trinajstić information content (AvgIpc) is 3.43. The number of carbonyl (C=O) groups is 3. The van der Waals surface area contributed by atoms with Crippen LogP contribution in [-0.4, -0.2) is 71.8 Å². The Kier molecular flexibility index (Phi) is 10.6. The van der Waals surface area contributed by atoms with Crippen LogP contribution in [0.1, 0.15) is 68.3 Å². The fourth-order valence-electron chi connectivity index (χ4n) is 7.15. The fraction of sp³-hybridized carbons (Fsp3) is 0.447. The number of hydrogen-bond acceptors (Lipinski definition) is 9. The zero-order chi connectivity index (χ0) is 34.5. The Morgan fingerprint density at radius 2 is 1.63 bits per heavy atom. The number of esters is 1. The molecule has 0 aromatic heterocycles. The van der Waals surface area contributed by atoms with Crippen LogP contribution in [0.4, 0.5) is 5.69 Å². The fourth-order valence-corrected chi connectivity index (χ4v) is 7.15. The molecule has 3 aromatic carbocycles. The van der Waals surface area contributed by atoms with Gasteiger partial charge in [0.15, 0.2) is 12.4 Å². The summed E-state index contributed by atoms with van der Waals surface area (Å²) in [4.78, 5) is 41.3. The van der Waals surface area contributed by atoms with Crippen LogP contribution in [0.3, 0.4) is 0 Å². The zero-order valence-electron chi connectivity index (χ0n) is 28.3. The molecule has 0 bridgehead atoms. The number of nitrogens with zero attached hydrogens (tertiary/aromatic N) is 2. The molecule has 1 spiro atoms. The Balaban J connectivity index is 1.15. The number of likely N-dealkylation sites (tertiary alicyclic amines) is 1. The largest absolute Gasteiger partial charge is 0.453 e. The summed E-state index contributed by atoms with van der Waals surface area (Å²) in [5.74, 6) is -0.749. The van der Waals surface area contributed by atoms with Crippen LogP contribution in [0.2, 0.25) is 0 Å². The van der Waals surface area contributed by atoms with Crippen molar-refractivity contribution in [2.75, 3.05) is 31.2 Å². The van der Waals surface area contributed by atoms with E-state index in [0.717, 1.165) is 53.9 Å². The minimum absolute atomic E-state index is 0.0245. The Morgan fingerprint density at radius 3 is 2.29 bits per heavy atom. The number of amides is 2. The van der Waals surface area contributed by atoms with Crippen LogP contribution in [0.5, 0.6) is 0 Å². The van der Waals surface area contributed by atoms with E-state index in [1.54, 1.807) is 0 Å². The van der Waals surface area contributed by atoms with Crippen molar-refractivity contribution in [2.24, 2.45) is 5.92 Å². The number of ether oxygens (including phenoxy) is 3. The monoisotopic (exact) mass is 670 g/mol. The van der Waals surface area contributed by atoms with Gasteiger partial charge in [0.05, 0.1) is 25.5 Å². The van der Waals surface area contributed by atoms with Crippen molar-refractivity contribution in [1.82, 2.24) is 15.5 Å². The van der Waals surface area contributed by atoms with Crippen molar-refractivity contribution in [2.45, 2.75) is 76.9 Å². The highest BCUT2D eigenvalue weighted by atomic mass is 16.7. The van der Waals surface area contributed by atoms with E-state index in [-0.39, 0.29) is 43.1 Å². The van der Waals surface area contributed by atoms with E-state index in [2.05, 4.69) is 39.5 Å². The molecule has 0 saturated carbocycles. The van der Waals surface area contributed by atoms with Gasteiger partial charge in [-0.3, -0.25) is 14.4 Å². The molecule has 49 heavy (non-hydrogen) atoms. The molecular weight excluding hydrogens is 624 g/mol. The second-order valence-corrected chi connectivity index (χ2v) is 13.3. The number of rotatable bonds is 10. The lowest BCUT2D eigenvalue weighted by atomic mass is 9.84. The topological polar surface area (TPSA) is 130 Å². The normalized spacial score (nSPS) is 24.3. The first-order valence-corrected chi connectivity index (χ1v) is 17.0. The van der Waals surface area contributed by atoms with Crippen LogP contribution < -0.4 is 15.5 Å². The molecule has 3 fully saturated rings. The summed E-state index contributed by atoms with van der Waals surface area (Å²) in [6.45, 7) is 7.96. The molecule has 3 N–H and O–H groups in total. The molecule has 3 saturated heterocycles. The van der Waals surface area contributed by atoms with Crippen molar-refractivity contribution in [3.05, 3.63) is 101 Å². The predicted molar refractivity (Wildman–Crippen MR) is 183 cm³/mol. The summed E-state index contributed by atoms with van der Waals surface area (Å²) in [7, 11) is 0. The number of para-hydroxylation sites is 1. The molecule has 3 aliphatic heterocycles. The first-order valence-electron chi connectivity index (χ1n) is 17.0. The summed E-state index contributed by atoms with van der Waals surface area (Å²) < 4.78 is 18.3. The molecule has 3 aliphatic rings. The molecule has 11 heteroatoms. The van der Waals surface area contributed by atoms with E-state index in [4.69, 9.17) is 14.2 Å². The van der Waals surface area contributed by atoms with Crippen LogP contribution in [0.25, 0.3) is 0 Å². The van der Waals surface area contributed by atoms with Gasteiger partial charge < -0.3 is 39.8 Å². The summed E-state index contributed by atoms with van der Waals surface area (Å²) in [5.41, 5.74) is 4.09. The third kappa shape index (κ3) is 7.65. The zero-order valence-corrected chi connectivity index (χ0v) is 28.3. The maximum Gasteiger partial charge on any atom is 0.303 e. The molecule has 0 aliphatic carbocycles. The van der Waals surface area contributed by atoms with Gasteiger partial charge >= 0.3 is 5.97 Å². The van der Waals surface area contributed by atoms with E-state index in [1.165, 1.54) is 13.8 Å². The van der Waals surface area contributed by atoms with E-state index < -0.39 is 23.9 Å². The number of nitrogens with one attached hydrogen (secondary N) is 2. The Labute approximate surface area is 287 Å². The highest BCUT2D eigenvalue weighted by Crippen LogP contribution is 2.43. The number of benzene rings is 3. The van der Waals surface area contributed by atoms with Crippen molar-refractivity contribution >= 4 is 23.5 Å². The molecule has 1 unspecified atom stereocenters. The molecule has 3 heterocycles. The number of carbonyl (C=O) groups excluding carboxylic acids is 3. The molecule has 0 radical (unpaired) electrons. The quantitative estimate of drug-likeness (QED) is 0.275. The average molecular weight is 671 g/mol. The molecule has 5 atom stereocenters. The number of aliphatic hydroxyl groups excluding tert-OH is 1. The minimum Gasteiger partial charge on any atom is -0.453 e. The van der Waals surface area contributed by atoms with E-state index in [1.807, 2.05) is 66.7 Å². The van der Waals surface area contributed by atoms with Gasteiger partial charge in [0, 0.05) is 50.3 Å². The molecule has 11 nitrogen and oxygen atoms in total. The van der Waals surface area contributed by atoms with Crippen LogP contribution in [-0.2, 0) is 41.7 Å². The van der Waals surface area contributed by atoms with Gasteiger partial charge in [0.1, 0.15) is 5.54 Å². The molecule has 260 valence electrons. The summed E-state index contributed by atoms with van der Waals surface area (Å²) >= 11 is 0. The SMILES string of the molecule is CC(=O)O[C@@H](C)C(=O)NCc1ccc(C2O[C@H](CN3CCC4(CC3)C(=O)NCN4c3ccccc3)[C@H](C)[C@H](c3ccc(CO)cc3)O2)cc1. The number of aliphatic hydroxyl groups is 1. The Bertz CT molecular complexity index is 1590. The number of hydrogen-bond donors (Lipinski definition) is 3. The van der Waals surface area contributed by atoms with E-state index in [9.17, 15) is 19.5 Å².